The molecule has 2 aliphatic rings. The number of ketones is 1. The van der Waals surface area contributed by atoms with E-state index in [2.05, 4.69) is 16.0 Å². The van der Waals surface area contributed by atoms with Gasteiger partial charge in [-0.2, -0.15) is 4.73 Å². The van der Waals surface area contributed by atoms with E-state index in [9.17, 15) is 24.3 Å². The Morgan fingerprint density at radius 1 is 1.07 bits per heavy atom. The molecule has 2 aromatic rings. The van der Waals surface area contributed by atoms with Gasteiger partial charge in [0, 0.05) is 31.0 Å². The maximum atomic E-state index is 14.0. The Bertz CT molecular complexity index is 1310. The fourth-order valence-corrected chi connectivity index (χ4v) is 6.34. The normalized spacial score (nSPS) is 25.2. The number of aliphatic hydroxyl groups excluding tert-OH is 1. The molecule has 5 atom stereocenters. The van der Waals surface area contributed by atoms with Gasteiger partial charge in [-0.15, -0.1) is 0 Å². The number of rotatable bonds is 11. The number of fused-ring (bicyclic) bond motifs is 2. The average Bonchev–Trinajstić information content (AvgIpc) is 3.38. The quantitative estimate of drug-likeness (QED) is 0.286. The van der Waals surface area contributed by atoms with Crippen molar-refractivity contribution >= 4 is 34.4 Å². The number of unbranched alkanes of at least 4 members (excludes halogenated alkanes) is 2. The number of benzene rings is 1. The number of hydrogen-bond donors (Lipinski definition) is 4. The number of nitrogens with zero attached hydrogens (tertiary/aromatic N) is 2. The summed E-state index contributed by atoms with van der Waals surface area (Å²) in [6, 6.07) is 4.61. The van der Waals surface area contributed by atoms with Crippen LogP contribution in [0.4, 0.5) is 0 Å². The number of aromatic nitrogens is 1. The summed E-state index contributed by atoms with van der Waals surface area (Å²) in [5.41, 5.74) is 1.68. The van der Waals surface area contributed by atoms with Gasteiger partial charge in [-0.3, -0.25) is 24.5 Å². The molecule has 1 unspecified atom stereocenters. The lowest BCUT2D eigenvalue weighted by atomic mass is 9.95. The number of aliphatic hydroxyl groups is 1. The number of para-hydroxylation sites is 1. The van der Waals surface area contributed by atoms with Crippen LogP contribution in [0, 0.1) is 5.92 Å². The molecule has 44 heavy (non-hydrogen) atoms. The molecule has 0 saturated carbocycles. The van der Waals surface area contributed by atoms with Crippen molar-refractivity contribution in [2.45, 2.75) is 115 Å². The van der Waals surface area contributed by atoms with E-state index in [0.29, 0.717) is 38.6 Å². The van der Waals surface area contributed by atoms with Gasteiger partial charge in [-0.25, -0.2) is 0 Å². The number of hydrogen-bond acceptors (Lipinski definition) is 7. The first-order valence-corrected chi connectivity index (χ1v) is 16.1. The zero-order valence-corrected chi connectivity index (χ0v) is 26.5. The van der Waals surface area contributed by atoms with Crippen LogP contribution in [-0.2, 0) is 25.6 Å². The third-order valence-corrected chi connectivity index (χ3v) is 8.96. The summed E-state index contributed by atoms with van der Waals surface area (Å²) < 4.78 is 1.64. The molecule has 2 fully saturated rings. The number of Topliss-reactive ketones (excluding diaryl/α,β-unsaturated/α-hetero) is 1. The van der Waals surface area contributed by atoms with Crippen molar-refractivity contribution in [1.82, 2.24) is 25.6 Å². The largest absolute Gasteiger partial charge is 0.417 e. The number of carbonyl (C=O) groups is 4. The molecule has 11 nitrogen and oxygen atoms in total. The third kappa shape index (κ3) is 7.98. The number of amides is 3. The van der Waals surface area contributed by atoms with Crippen molar-refractivity contribution < 1.29 is 29.1 Å². The van der Waals surface area contributed by atoms with Crippen molar-refractivity contribution in [1.29, 1.82) is 0 Å². The second kappa shape index (κ2) is 15.5. The molecular weight excluding hydrogens is 562 g/mol. The van der Waals surface area contributed by atoms with Gasteiger partial charge in [0.2, 0.25) is 17.7 Å². The predicted molar refractivity (Wildman–Crippen MR) is 168 cm³/mol. The topological polar surface area (TPSA) is 142 Å². The van der Waals surface area contributed by atoms with Crippen molar-refractivity contribution in [3.8, 4) is 0 Å². The highest BCUT2D eigenvalue weighted by Gasteiger charge is 2.40. The molecule has 4 N–H and O–H groups in total. The second-order valence-electron chi connectivity index (χ2n) is 12.4. The molecule has 1 aromatic carbocycles. The lowest BCUT2D eigenvalue weighted by molar-refractivity contribution is -0.147. The highest BCUT2D eigenvalue weighted by atomic mass is 16.6. The highest BCUT2D eigenvalue weighted by Crippen LogP contribution is 2.24. The van der Waals surface area contributed by atoms with Gasteiger partial charge < -0.3 is 25.5 Å². The summed E-state index contributed by atoms with van der Waals surface area (Å²) in [7, 11) is 1.57. The van der Waals surface area contributed by atoms with Crippen molar-refractivity contribution in [2.24, 2.45) is 5.92 Å². The van der Waals surface area contributed by atoms with E-state index >= 15 is 0 Å². The minimum Gasteiger partial charge on any atom is -0.417 e. The van der Waals surface area contributed by atoms with E-state index in [1.807, 2.05) is 51.2 Å². The maximum Gasteiger partial charge on any atom is 0.246 e. The Labute approximate surface area is 260 Å². The van der Waals surface area contributed by atoms with Gasteiger partial charge in [-0.1, -0.05) is 51.8 Å². The molecule has 242 valence electrons. The van der Waals surface area contributed by atoms with E-state index < -0.39 is 36.3 Å². The molecule has 2 aliphatic heterocycles. The molecule has 0 spiro atoms. The Morgan fingerprint density at radius 2 is 1.84 bits per heavy atom. The first kappa shape index (κ1) is 33.5. The minimum atomic E-state index is -1.23. The fraction of sp³-hybridized carbons (Fsp3) is 0.636. The lowest BCUT2D eigenvalue weighted by Crippen LogP contribution is -2.65. The van der Waals surface area contributed by atoms with E-state index in [4.69, 9.17) is 4.84 Å². The zero-order chi connectivity index (χ0) is 31.8. The summed E-state index contributed by atoms with van der Waals surface area (Å²) in [6.07, 6.45) is 6.61. The third-order valence-electron chi connectivity index (χ3n) is 8.96. The summed E-state index contributed by atoms with van der Waals surface area (Å²) >= 11 is 0. The monoisotopic (exact) mass is 611 g/mol. The van der Waals surface area contributed by atoms with Gasteiger partial charge in [-0.05, 0) is 56.1 Å². The first-order chi connectivity index (χ1) is 21.1. The van der Waals surface area contributed by atoms with E-state index in [-0.39, 0.29) is 29.9 Å². The standard InChI is InChI=1S/C33H49N5O6/c1-5-23(39)13-7-6-8-15-25-30(40)35-26(19-22-20-38(44-4)27-16-10-9-14-24(22)27)31(41)36-29(21(2)3)33(43)37-18-12-11-17-28(37)32(42)34-25/h9-10,14,16,20-21,25-26,28-30,35,40H,5-8,11-13,15,17-19H2,1-4H3,(H,34,42)(H,36,41)/t25-,26-,28+,29-,30?/m0/s1. The van der Waals surface area contributed by atoms with Crippen molar-refractivity contribution in [3.63, 3.8) is 0 Å². The average molecular weight is 612 g/mol. The molecule has 3 heterocycles. The van der Waals surface area contributed by atoms with Gasteiger partial charge in [0.15, 0.2) is 0 Å². The van der Waals surface area contributed by atoms with Gasteiger partial charge >= 0.3 is 0 Å². The highest BCUT2D eigenvalue weighted by molar-refractivity contribution is 5.94. The summed E-state index contributed by atoms with van der Waals surface area (Å²) in [5.74, 6) is -0.951. The van der Waals surface area contributed by atoms with Gasteiger partial charge in [0.1, 0.15) is 31.2 Å². The number of carbonyl (C=O) groups excluding carboxylic acids is 4. The second-order valence-corrected chi connectivity index (χ2v) is 12.4. The Balaban J connectivity index is 1.64. The molecular formula is C33H49N5O6. The maximum absolute atomic E-state index is 14.0. The van der Waals surface area contributed by atoms with Crippen LogP contribution in [-0.4, -0.2) is 82.3 Å². The molecule has 4 rings (SSSR count). The van der Waals surface area contributed by atoms with Crippen LogP contribution in [0.15, 0.2) is 30.5 Å². The van der Waals surface area contributed by atoms with Crippen LogP contribution in [0.25, 0.3) is 10.9 Å². The Hall–Kier alpha value is -3.44. The predicted octanol–water partition coefficient (Wildman–Crippen LogP) is 2.47. The zero-order valence-electron chi connectivity index (χ0n) is 26.5. The molecule has 11 heteroatoms. The van der Waals surface area contributed by atoms with Crippen LogP contribution >= 0.6 is 0 Å². The Morgan fingerprint density at radius 3 is 2.57 bits per heavy atom. The summed E-state index contributed by atoms with van der Waals surface area (Å²) in [5, 5.41) is 21.6. The smallest absolute Gasteiger partial charge is 0.246 e. The Kier molecular flexibility index (Phi) is 11.8. The van der Waals surface area contributed by atoms with Gasteiger partial charge in [0.25, 0.3) is 0 Å². The van der Waals surface area contributed by atoms with Crippen molar-refractivity contribution in [3.05, 3.63) is 36.0 Å². The van der Waals surface area contributed by atoms with Crippen LogP contribution < -0.4 is 20.8 Å². The molecule has 0 bridgehead atoms. The van der Waals surface area contributed by atoms with Crippen LogP contribution in [0.5, 0.6) is 0 Å². The minimum absolute atomic E-state index is 0.213. The fourth-order valence-electron chi connectivity index (χ4n) is 6.34. The SMILES string of the molecule is CCC(=O)CCCCC[C@@H]1NC(=O)[C@H]2CCCCN2C(=O)[C@H](C(C)C)NC(=O)[C@H](Cc2cn(OC)c3ccccc23)NC1O. The lowest BCUT2D eigenvalue weighted by Gasteiger charge is -2.40. The summed E-state index contributed by atoms with van der Waals surface area (Å²) in [4.78, 5) is 60.4. The van der Waals surface area contributed by atoms with E-state index in [0.717, 1.165) is 42.1 Å². The van der Waals surface area contributed by atoms with Crippen LogP contribution in [0.2, 0.25) is 0 Å². The molecule has 3 amide bonds. The van der Waals surface area contributed by atoms with Crippen LogP contribution in [0.3, 0.4) is 0 Å². The molecule has 2 saturated heterocycles. The summed E-state index contributed by atoms with van der Waals surface area (Å²) in [6.45, 7) is 6.04. The molecule has 0 aliphatic carbocycles. The first-order valence-electron chi connectivity index (χ1n) is 16.1. The van der Waals surface area contributed by atoms with Crippen LogP contribution in [0.1, 0.15) is 84.1 Å². The molecule has 1 aromatic heterocycles. The number of nitrogens with one attached hydrogen (secondary N) is 3. The van der Waals surface area contributed by atoms with E-state index in [1.54, 1.807) is 16.7 Å². The van der Waals surface area contributed by atoms with Crippen molar-refractivity contribution in [2.75, 3.05) is 13.7 Å². The van der Waals surface area contributed by atoms with E-state index in [1.165, 1.54) is 0 Å². The molecule has 0 radical (unpaired) electrons. The number of piperidine rings is 1. The van der Waals surface area contributed by atoms with Gasteiger partial charge in [0.05, 0.1) is 17.6 Å².